The molecule has 0 aliphatic rings. The molecule has 21 heavy (non-hydrogen) atoms. The Morgan fingerprint density at radius 1 is 1.29 bits per heavy atom. The van der Waals surface area contributed by atoms with E-state index in [1.54, 1.807) is 0 Å². The zero-order valence-electron chi connectivity index (χ0n) is 12.3. The van der Waals surface area contributed by atoms with E-state index >= 15 is 0 Å². The van der Waals surface area contributed by atoms with Crippen molar-refractivity contribution in [2.45, 2.75) is 42.4 Å². The van der Waals surface area contributed by atoms with Crippen LogP contribution in [0.25, 0.3) is 0 Å². The van der Waals surface area contributed by atoms with Gasteiger partial charge in [-0.25, -0.2) is 0 Å². The first-order valence-corrected chi connectivity index (χ1v) is 9.21. The van der Waals surface area contributed by atoms with Crippen LogP contribution < -0.4 is 5.32 Å². The summed E-state index contributed by atoms with van der Waals surface area (Å²) in [5.41, 5.74) is 0. The van der Waals surface area contributed by atoms with Crippen LogP contribution in [0.4, 0.5) is 0 Å². The molecule has 0 fully saturated rings. The number of halogens is 3. The first-order valence-electron chi connectivity index (χ1n) is 6.46. The van der Waals surface area contributed by atoms with Gasteiger partial charge in [0.2, 0.25) is 0 Å². The lowest BCUT2D eigenvalue weighted by atomic mass is 10.1. The highest BCUT2D eigenvalue weighted by Gasteiger charge is 2.31. The molecule has 1 amide bonds. The van der Waals surface area contributed by atoms with Gasteiger partial charge in [0.15, 0.2) is 0 Å². The normalized spacial score (nSPS) is 14.4. The maximum atomic E-state index is 11.9. The number of amides is 1. The van der Waals surface area contributed by atoms with Gasteiger partial charge in [0.1, 0.15) is 0 Å². The van der Waals surface area contributed by atoms with Crippen LogP contribution in [0, 0.1) is 0 Å². The van der Waals surface area contributed by atoms with E-state index in [1.807, 2.05) is 0 Å². The molecule has 0 heterocycles. The third-order valence-corrected chi connectivity index (χ3v) is 4.77. The largest absolute Gasteiger partial charge is 0.353 e. The highest BCUT2D eigenvalue weighted by Crippen LogP contribution is 2.48. The number of alkyl halides is 3. The third-order valence-electron chi connectivity index (χ3n) is 2.70. The summed E-state index contributed by atoms with van der Waals surface area (Å²) < 4.78 is 19.5. The highest BCUT2D eigenvalue weighted by molar-refractivity contribution is 7.57. The summed E-state index contributed by atoms with van der Waals surface area (Å²) in [4.78, 5) is 11.7. The van der Waals surface area contributed by atoms with E-state index < -0.39 is 23.3 Å². The van der Waals surface area contributed by atoms with Gasteiger partial charge in [0.25, 0.3) is 9.70 Å². The van der Waals surface area contributed by atoms with Gasteiger partial charge >= 0.3 is 7.60 Å². The van der Waals surface area contributed by atoms with Gasteiger partial charge < -0.3 is 14.4 Å². The molecule has 0 radical (unpaired) electrons. The number of unbranched alkanes of at least 4 members (excludes halogenated alkanes) is 2. The van der Waals surface area contributed by atoms with Gasteiger partial charge in [-0.2, -0.15) is 0 Å². The van der Waals surface area contributed by atoms with E-state index in [4.69, 9.17) is 43.9 Å². The van der Waals surface area contributed by atoms with Gasteiger partial charge in [-0.15, -0.1) is 0 Å². The zero-order valence-corrected chi connectivity index (χ0v) is 15.4. The minimum Gasteiger partial charge on any atom is -0.346 e. The molecule has 0 aliphatic heterocycles. The molecule has 5 nitrogen and oxygen atoms in total. The lowest BCUT2D eigenvalue weighted by molar-refractivity contribution is -0.120. The van der Waals surface area contributed by atoms with Gasteiger partial charge in [-0.1, -0.05) is 67.1 Å². The molecular weight excluding hydrogens is 359 g/mol. The van der Waals surface area contributed by atoms with E-state index in [0.29, 0.717) is 6.42 Å². The Kier molecular flexibility index (Phi) is 10.2. The fourth-order valence-corrected chi connectivity index (χ4v) is 2.46. The summed E-state index contributed by atoms with van der Waals surface area (Å²) in [5.74, 6) is 0.561. The molecule has 0 spiro atoms. The van der Waals surface area contributed by atoms with Crippen LogP contribution in [-0.4, -0.2) is 30.0 Å². The smallest absolute Gasteiger partial charge is 0.346 e. The lowest BCUT2D eigenvalue weighted by Crippen LogP contribution is -2.40. The van der Waals surface area contributed by atoms with E-state index in [0.717, 1.165) is 19.3 Å². The summed E-state index contributed by atoms with van der Waals surface area (Å²) >= 11 is 16.6. The zero-order chi connectivity index (χ0) is 16.5. The van der Waals surface area contributed by atoms with Gasteiger partial charge in [-0.3, -0.25) is 9.36 Å². The second kappa shape index (κ2) is 10.1. The van der Waals surface area contributed by atoms with E-state index in [1.165, 1.54) is 26.1 Å². The number of carbonyl (C=O) groups is 1. The summed E-state index contributed by atoms with van der Waals surface area (Å²) in [6.07, 6.45) is 5.07. The lowest BCUT2D eigenvalue weighted by Gasteiger charge is -2.19. The molecule has 124 valence electrons. The predicted octanol–water partition coefficient (Wildman–Crippen LogP) is 4.42. The number of hydrogen-bond acceptors (Lipinski definition) is 4. The van der Waals surface area contributed by atoms with Crippen molar-refractivity contribution >= 4 is 48.3 Å². The van der Waals surface area contributed by atoms with Crippen molar-refractivity contribution in [1.29, 1.82) is 0 Å². The van der Waals surface area contributed by atoms with Crippen molar-refractivity contribution < 1.29 is 18.4 Å². The quantitative estimate of drug-likeness (QED) is 0.365. The average Bonchev–Trinajstić information content (AvgIpc) is 2.43. The van der Waals surface area contributed by atoms with Gasteiger partial charge in [-0.05, 0) is 6.42 Å². The van der Waals surface area contributed by atoms with Crippen molar-refractivity contribution in [2.75, 3.05) is 14.2 Å². The fourth-order valence-electron chi connectivity index (χ4n) is 1.49. The first kappa shape index (κ1) is 21.2. The van der Waals surface area contributed by atoms with E-state index in [-0.39, 0.29) is 0 Å². The maximum Gasteiger partial charge on any atom is 0.353 e. The molecule has 0 rings (SSSR count). The SMILES string of the molecule is CCCCCC(/C=C/P(=O)(OC)OC)NC(=O)C(Cl)(Cl)Cl. The minimum absolute atomic E-state index is 0.418. The van der Waals surface area contributed by atoms with Gasteiger partial charge in [0, 0.05) is 26.1 Å². The van der Waals surface area contributed by atoms with Crippen molar-refractivity contribution in [3.05, 3.63) is 11.9 Å². The average molecular weight is 381 g/mol. The third kappa shape index (κ3) is 9.07. The Morgan fingerprint density at radius 3 is 2.29 bits per heavy atom. The number of carbonyl (C=O) groups excluding carboxylic acids is 1. The van der Waals surface area contributed by atoms with Crippen molar-refractivity contribution in [2.24, 2.45) is 0 Å². The van der Waals surface area contributed by atoms with Crippen LogP contribution in [0.3, 0.4) is 0 Å². The van der Waals surface area contributed by atoms with Crippen LogP contribution in [0.2, 0.25) is 0 Å². The van der Waals surface area contributed by atoms with Crippen LogP contribution in [-0.2, 0) is 18.4 Å². The van der Waals surface area contributed by atoms with Crippen LogP contribution >= 0.6 is 42.4 Å². The highest BCUT2D eigenvalue weighted by atomic mass is 35.6. The molecule has 0 aromatic heterocycles. The molecule has 1 atom stereocenters. The molecule has 0 aromatic carbocycles. The minimum atomic E-state index is -3.29. The second-order valence-electron chi connectivity index (χ2n) is 4.32. The summed E-state index contributed by atoms with van der Waals surface area (Å²) in [7, 11) is -0.732. The Labute approximate surface area is 140 Å². The monoisotopic (exact) mass is 379 g/mol. The van der Waals surface area contributed by atoms with Gasteiger partial charge in [0.05, 0.1) is 0 Å². The molecule has 1 unspecified atom stereocenters. The molecule has 1 N–H and O–H groups in total. The Morgan fingerprint density at radius 2 is 1.86 bits per heavy atom. The van der Waals surface area contributed by atoms with Crippen LogP contribution in [0.1, 0.15) is 32.6 Å². The molecule has 0 saturated carbocycles. The number of hydrogen-bond donors (Lipinski definition) is 1. The van der Waals surface area contributed by atoms with Crippen LogP contribution in [0.15, 0.2) is 11.9 Å². The first-order chi connectivity index (χ1) is 9.68. The summed E-state index contributed by atoms with van der Waals surface area (Å²) in [5, 5.41) is 2.58. The Balaban J connectivity index is 4.85. The predicted molar refractivity (Wildman–Crippen MR) is 87.1 cm³/mol. The summed E-state index contributed by atoms with van der Waals surface area (Å²) in [6, 6.07) is -0.418. The van der Waals surface area contributed by atoms with Crippen molar-refractivity contribution in [3.8, 4) is 0 Å². The Bertz CT molecular complexity index is 390. The van der Waals surface area contributed by atoms with E-state index in [9.17, 15) is 9.36 Å². The molecule has 9 heteroatoms. The number of nitrogens with one attached hydrogen (secondary N) is 1. The maximum absolute atomic E-state index is 11.9. The molecule has 0 aromatic rings. The molecule has 0 bridgehead atoms. The number of rotatable bonds is 9. The fraction of sp³-hybridized carbons (Fsp3) is 0.750. The van der Waals surface area contributed by atoms with Crippen molar-refractivity contribution in [3.63, 3.8) is 0 Å². The summed E-state index contributed by atoms with van der Waals surface area (Å²) in [6.45, 7) is 2.06. The molecule has 0 aliphatic carbocycles. The van der Waals surface area contributed by atoms with Crippen molar-refractivity contribution in [1.82, 2.24) is 5.32 Å². The molecular formula is C12H21Cl3NO4P. The topological polar surface area (TPSA) is 64.6 Å². The second-order valence-corrected chi connectivity index (χ2v) is 8.71. The molecule has 0 saturated heterocycles. The van der Waals surface area contributed by atoms with E-state index in [2.05, 4.69) is 12.2 Å². The Hall–Kier alpha value is 0.230. The van der Waals surface area contributed by atoms with Crippen LogP contribution in [0.5, 0.6) is 0 Å². The standard InChI is InChI=1S/C12H21Cl3NO4P/c1-4-5-6-7-10(16-11(17)12(13,14)15)8-9-21(18,19-2)20-3/h8-10H,4-7H2,1-3H3,(H,16,17)/b9-8+.